The van der Waals surface area contributed by atoms with Crippen molar-refractivity contribution in [2.75, 3.05) is 13.2 Å². The van der Waals surface area contributed by atoms with Crippen molar-refractivity contribution in [3.05, 3.63) is 12.2 Å². The average molecular weight is 235 g/mol. The summed E-state index contributed by atoms with van der Waals surface area (Å²) in [4.78, 5) is 21.1. The van der Waals surface area contributed by atoms with Gasteiger partial charge in [0.25, 0.3) is 0 Å². The van der Waals surface area contributed by atoms with Crippen LogP contribution < -0.4 is 0 Å². The van der Waals surface area contributed by atoms with Gasteiger partial charge in [-0.15, -0.1) is 0 Å². The van der Waals surface area contributed by atoms with Crippen molar-refractivity contribution in [1.29, 1.82) is 0 Å². The van der Waals surface area contributed by atoms with Crippen LogP contribution in [0, 0.1) is 0 Å². The molecule has 0 saturated carbocycles. The number of esters is 1. The van der Waals surface area contributed by atoms with Gasteiger partial charge in [-0.2, -0.15) is 0 Å². The van der Waals surface area contributed by atoms with Crippen molar-refractivity contribution in [2.45, 2.75) is 26.2 Å². The van der Waals surface area contributed by atoms with Gasteiger partial charge in [0.15, 0.2) is 0 Å². The van der Waals surface area contributed by atoms with Crippen LogP contribution in [0.15, 0.2) is 12.2 Å². The highest BCUT2D eigenvalue weighted by Gasteiger charge is 2.01. The van der Waals surface area contributed by atoms with Gasteiger partial charge in [0.1, 0.15) is 0 Å². The molecular formula is C10H15ClO4. The number of carbonyl (C=O) groups is 2. The van der Waals surface area contributed by atoms with Gasteiger partial charge >= 0.3 is 11.4 Å². The average Bonchev–Trinajstić information content (AvgIpc) is 2.15. The Morgan fingerprint density at radius 2 is 1.67 bits per heavy atom. The molecule has 4 nitrogen and oxygen atoms in total. The van der Waals surface area contributed by atoms with Gasteiger partial charge in [0, 0.05) is 17.2 Å². The number of hydrogen-bond donors (Lipinski definition) is 0. The molecule has 15 heavy (non-hydrogen) atoms. The standard InChI is InChI=1S/C10H15ClO4/c1-8(2)9(12)14-6-4-3-5-7-15-10(11)13/h1,3-7H2,2H3. The first-order valence-corrected chi connectivity index (χ1v) is 5.06. The highest BCUT2D eigenvalue weighted by Crippen LogP contribution is 2.00. The van der Waals surface area contributed by atoms with Gasteiger partial charge in [-0.1, -0.05) is 6.58 Å². The first-order chi connectivity index (χ1) is 7.04. The zero-order valence-corrected chi connectivity index (χ0v) is 9.51. The lowest BCUT2D eigenvalue weighted by Crippen LogP contribution is -2.06. The molecule has 0 N–H and O–H groups in total. The van der Waals surface area contributed by atoms with E-state index >= 15 is 0 Å². The lowest BCUT2D eigenvalue weighted by Gasteiger charge is -2.03. The summed E-state index contributed by atoms with van der Waals surface area (Å²) in [7, 11) is 0. The molecule has 0 unspecified atom stereocenters. The van der Waals surface area contributed by atoms with Crippen LogP contribution in [0.4, 0.5) is 4.79 Å². The van der Waals surface area contributed by atoms with Crippen LogP contribution in [-0.2, 0) is 14.3 Å². The molecule has 0 aliphatic rings. The number of halogens is 1. The van der Waals surface area contributed by atoms with Crippen LogP contribution in [0.2, 0.25) is 0 Å². The predicted octanol–water partition coefficient (Wildman–Crippen LogP) is 2.65. The molecule has 0 aromatic carbocycles. The Hall–Kier alpha value is -1.03. The summed E-state index contributed by atoms with van der Waals surface area (Å²) in [5, 5.41) is 0. The second-order valence-electron chi connectivity index (χ2n) is 3.06. The lowest BCUT2D eigenvalue weighted by atomic mass is 10.2. The van der Waals surface area contributed by atoms with Crippen molar-refractivity contribution in [1.82, 2.24) is 0 Å². The third-order valence-corrected chi connectivity index (χ3v) is 1.69. The Balaban J connectivity index is 3.22. The quantitative estimate of drug-likeness (QED) is 0.294. The number of carbonyl (C=O) groups excluding carboxylic acids is 2. The molecule has 5 heteroatoms. The van der Waals surface area contributed by atoms with E-state index in [0.717, 1.165) is 12.8 Å². The second kappa shape index (κ2) is 8.29. The molecule has 86 valence electrons. The van der Waals surface area contributed by atoms with Gasteiger partial charge in [0.05, 0.1) is 13.2 Å². The maximum atomic E-state index is 10.9. The van der Waals surface area contributed by atoms with Crippen LogP contribution in [0.3, 0.4) is 0 Å². The van der Waals surface area contributed by atoms with Crippen LogP contribution in [0.1, 0.15) is 26.2 Å². The summed E-state index contributed by atoms with van der Waals surface area (Å²) in [6, 6.07) is 0. The maximum Gasteiger partial charge on any atom is 0.403 e. The summed E-state index contributed by atoms with van der Waals surface area (Å²) < 4.78 is 9.37. The van der Waals surface area contributed by atoms with E-state index in [0.29, 0.717) is 25.2 Å². The summed E-state index contributed by atoms with van der Waals surface area (Å²) in [5.74, 6) is -0.373. The molecular weight excluding hydrogens is 220 g/mol. The van der Waals surface area contributed by atoms with E-state index in [1.54, 1.807) is 6.92 Å². The first-order valence-electron chi connectivity index (χ1n) is 4.69. The largest absolute Gasteiger partial charge is 0.462 e. The van der Waals surface area contributed by atoms with E-state index < -0.39 is 5.43 Å². The molecule has 0 aliphatic heterocycles. The molecule has 0 heterocycles. The number of unbranched alkanes of at least 4 members (excludes halogenated alkanes) is 2. The number of ether oxygens (including phenoxy) is 2. The normalized spacial score (nSPS) is 9.47. The van der Waals surface area contributed by atoms with Crippen molar-refractivity contribution < 1.29 is 19.1 Å². The smallest absolute Gasteiger partial charge is 0.403 e. The van der Waals surface area contributed by atoms with Gasteiger partial charge in [0.2, 0.25) is 0 Å². The zero-order valence-electron chi connectivity index (χ0n) is 8.75. The van der Waals surface area contributed by atoms with Gasteiger partial charge in [-0.3, -0.25) is 0 Å². The van der Waals surface area contributed by atoms with E-state index in [9.17, 15) is 9.59 Å². The van der Waals surface area contributed by atoms with E-state index in [-0.39, 0.29) is 5.97 Å². The highest BCUT2D eigenvalue weighted by molar-refractivity contribution is 6.61. The van der Waals surface area contributed by atoms with Gasteiger partial charge < -0.3 is 9.47 Å². The van der Waals surface area contributed by atoms with E-state index in [1.807, 2.05) is 0 Å². The fourth-order valence-electron chi connectivity index (χ4n) is 0.821. The maximum absolute atomic E-state index is 10.9. The Kier molecular flexibility index (Phi) is 7.72. The van der Waals surface area contributed by atoms with Crippen LogP contribution in [-0.4, -0.2) is 24.6 Å². The minimum absolute atomic E-state index is 0.302. The van der Waals surface area contributed by atoms with E-state index in [2.05, 4.69) is 11.3 Å². The second-order valence-corrected chi connectivity index (χ2v) is 3.37. The molecule has 0 rings (SSSR count). The number of rotatable bonds is 7. The third-order valence-electron chi connectivity index (χ3n) is 1.59. The van der Waals surface area contributed by atoms with Crippen molar-refractivity contribution in [3.63, 3.8) is 0 Å². The molecule has 0 aliphatic carbocycles. The monoisotopic (exact) mass is 234 g/mol. The molecule has 0 spiro atoms. The van der Waals surface area contributed by atoms with E-state index in [1.165, 1.54) is 0 Å². The SMILES string of the molecule is C=C(C)C(=O)OCCCCCOC(=O)Cl. The Bertz CT molecular complexity index is 238. The molecule has 0 atom stereocenters. The molecule has 0 amide bonds. The highest BCUT2D eigenvalue weighted by atomic mass is 35.5. The van der Waals surface area contributed by atoms with Gasteiger partial charge in [-0.05, 0) is 26.2 Å². The molecule has 0 aromatic rings. The van der Waals surface area contributed by atoms with Crippen LogP contribution >= 0.6 is 11.6 Å². The Morgan fingerprint density at radius 1 is 1.13 bits per heavy atom. The minimum Gasteiger partial charge on any atom is -0.462 e. The molecule has 0 fully saturated rings. The van der Waals surface area contributed by atoms with Crippen LogP contribution in [0.25, 0.3) is 0 Å². The first kappa shape index (κ1) is 14.0. The molecule has 0 saturated heterocycles. The third kappa shape index (κ3) is 9.28. The molecule has 0 radical (unpaired) electrons. The fraction of sp³-hybridized carbons (Fsp3) is 0.600. The lowest BCUT2D eigenvalue weighted by molar-refractivity contribution is -0.139. The minimum atomic E-state index is -0.788. The van der Waals surface area contributed by atoms with Crippen LogP contribution in [0.5, 0.6) is 0 Å². The molecule has 0 aromatic heterocycles. The van der Waals surface area contributed by atoms with Crippen molar-refractivity contribution >= 4 is 23.0 Å². The van der Waals surface area contributed by atoms with E-state index in [4.69, 9.17) is 16.3 Å². The topological polar surface area (TPSA) is 52.6 Å². The summed E-state index contributed by atoms with van der Waals surface area (Å²) >= 11 is 4.95. The molecule has 0 bridgehead atoms. The van der Waals surface area contributed by atoms with Gasteiger partial charge in [-0.25, -0.2) is 9.59 Å². The predicted molar refractivity (Wildman–Crippen MR) is 56.8 cm³/mol. The summed E-state index contributed by atoms with van der Waals surface area (Å²) in [6.45, 7) is 5.72. The van der Waals surface area contributed by atoms with Crippen molar-refractivity contribution in [3.8, 4) is 0 Å². The Labute approximate surface area is 94.2 Å². The Morgan fingerprint density at radius 3 is 2.13 bits per heavy atom. The zero-order chi connectivity index (χ0) is 11.7. The van der Waals surface area contributed by atoms with Crippen molar-refractivity contribution in [2.24, 2.45) is 0 Å². The number of hydrogen-bond acceptors (Lipinski definition) is 4. The fourth-order valence-corrected chi connectivity index (χ4v) is 0.899. The summed E-state index contributed by atoms with van der Waals surface area (Å²) in [5.41, 5.74) is -0.394. The summed E-state index contributed by atoms with van der Waals surface area (Å²) in [6.07, 6.45) is 2.26.